The third kappa shape index (κ3) is 8.92. The first-order valence-corrected chi connectivity index (χ1v) is 34.6. The maximum atomic E-state index is 7.76. The van der Waals surface area contributed by atoms with Crippen molar-refractivity contribution in [3.63, 3.8) is 0 Å². The first-order chi connectivity index (χ1) is 50.4. The van der Waals surface area contributed by atoms with Crippen molar-refractivity contribution < 1.29 is 0 Å². The van der Waals surface area contributed by atoms with E-state index in [1.165, 1.54) is 158 Å². The van der Waals surface area contributed by atoms with Crippen LogP contribution in [0.25, 0.3) is 218 Å². The summed E-state index contributed by atoms with van der Waals surface area (Å²) in [7, 11) is 0. The van der Waals surface area contributed by atoms with Gasteiger partial charge >= 0.3 is 0 Å². The summed E-state index contributed by atoms with van der Waals surface area (Å²) >= 11 is 0. The standard InChI is InChI=1S/C49H28N2.C48H27N3/c1-50-42-27-38-21-20-37-26-41(28-44-48(37)49(38)45(29-42)51(44)43-10-6-3-7-11-43)32-14-12-31(13-15-32)40-24-35-18-16-33-22-39(30-8-4-2-5-9-30)23-34-17-19-36(25-40)47(35)46(33)34;1-49-41-25-36-18-17-35-24-40(26-43-47(35)48(36)44(27-41)51(43)42-7-3-2-4-8-42)30-11-9-29(10-12-30)38-20-31-13-15-33-22-39(37-6-5-19-50-28-37)23-34-16-14-32(21-38)45(31)46(33)34/h2-29H;2-28H. The van der Waals surface area contributed by atoms with E-state index in [-0.39, 0.29) is 0 Å². The molecular weight excluding hydrogens is 1240 g/mol. The zero-order chi connectivity index (χ0) is 67.3. The molecule has 102 heavy (non-hydrogen) atoms. The second kappa shape index (κ2) is 22.3. The smallest absolute Gasteiger partial charge is 0.189 e. The molecule has 0 atom stereocenters. The van der Waals surface area contributed by atoms with Crippen LogP contribution < -0.4 is 0 Å². The van der Waals surface area contributed by atoms with E-state index < -0.39 is 0 Å². The molecule has 0 aliphatic rings. The molecule has 468 valence electrons. The van der Waals surface area contributed by atoms with Crippen molar-refractivity contribution in [2.75, 3.05) is 0 Å². The topological polar surface area (TPSA) is 31.5 Å². The van der Waals surface area contributed by atoms with Crippen LogP contribution in [0.1, 0.15) is 0 Å². The molecule has 0 radical (unpaired) electrons. The molecule has 0 amide bonds. The van der Waals surface area contributed by atoms with Crippen LogP contribution >= 0.6 is 0 Å². The number of rotatable bonds is 8. The van der Waals surface area contributed by atoms with Crippen molar-refractivity contribution in [3.05, 3.63) is 357 Å². The van der Waals surface area contributed by atoms with E-state index in [9.17, 15) is 0 Å². The Morgan fingerprint density at radius 2 is 0.451 bits per heavy atom. The molecule has 0 spiro atoms. The van der Waals surface area contributed by atoms with Crippen LogP contribution in [0.15, 0.2) is 334 Å². The third-order valence-corrected chi connectivity index (χ3v) is 21.5. The molecule has 0 bridgehead atoms. The molecule has 0 aliphatic carbocycles. The highest BCUT2D eigenvalue weighted by Crippen LogP contribution is 2.48. The minimum Gasteiger partial charge on any atom is -0.310 e. The Hall–Kier alpha value is -14.0. The molecule has 22 rings (SSSR count). The first-order valence-electron chi connectivity index (χ1n) is 34.6. The Kier molecular flexibility index (Phi) is 12.5. The van der Waals surface area contributed by atoms with Gasteiger partial charge in [-0.05, 0) is 275 Å². The van der Waals surface area contributed by atoms with E-state index in [1.807, 2.05) is 54.9 Å². The number of hydrogen-bond acceptors (Lipinski definition) is 1. The molecule has 3 heterocycles. The Morgan fingerprint density at radius 3 is 0.745 bits per heavy atom. The van der Waals surface area contributed by atoms with Gasteiger partial charge in [0, 0.05) is 61.9 Å². The SMILES string of the molecule is [C-]#[N+]c1cc2ccc3cc(-c4ccc(-c5cc6ccc7cc(-c8ccccc8)cc8ccc(c5)c6c78)cc4)cc4c3c2c(c1)n4-c1ccccc1.[C-]#[N+]c1cc2ccc3cc(-c4ccc(-c5cc6ccc7cc(-c8cccnc8)cc8ccc(c5)c6c78)cc4)cc4c3c2c(c1)n4-c1ccccc1. The molecule has 5 heteroatoms. The van der Waals surface area contributed by atoms with Gasteiger partial charge in [-0.1, -0.05) is 194 Å². The van der Waals surface area contributed by atoms with E-state index in [4.69, 9.17) is 13.1 Å². The predicted molar refractivity (Wildman–Crippen MR) is 429 cm³/mol. The molecule has 0 saturated heterocycles. The van der Waals surface area contributed by atoms with Crippen LogP contribution in [0, 0.1) is 13.1 Å². The molecule has 0 fully saturated rings. The number of pyridine rings is 1. The monoisotopic (exact) mass is 1290 g/mol. The summed E-state index contributed by atoms with van der Waals surface area (Å²) in [5.74, 6) is 0. The highest BCUT2D eigenvalue weighted by molar-refractivity contribution is 6.29. The lowest BCUT2D eigenvalue weighted by atomic mass is 9.89. The number of aromatic nitrogens is 3. The quantitative estimate of drug-likeness (QED) is 0.110. The summed E-state index contributed by atoms with van der Waals surface area (Å²) < 4.78 is 4.64. The summed E-state index contributed by atoms with van der Waals surface area (Å²) in [5.41, 5.74) is 22.3. The van der Waals surface area contributed by atoms with Gasteiger partial charge < -0.3 is 9.13 Å². The van der Waals surface area contributed by atoms with Crippen LogP contribution in [-0.2, 0) is 0 Å². The van der Waals surface area contributed by atoms with Gasteiger partial charge in [-0.25, -0.2) is 9.69 Å². The molecule has 19 aromatic carbocycles. The number of benzene rings is 19. The molecule has 22 aromatic rings. The van der Waals surface area contributed by atoms with E-state index >= 15 is 0 Å². The predicted octanol–water partition coefficient (Wildman–Crippen LogP) is 27.0. The van der Waals surface area contributed by atoms with Crippen molar-refractivity contribution >= 4 is 141 Å². The third-order valence-electron chi connectivity index (χ3n) is 21.5. The normalized spacial score (nSPS) is 11.9. The lowest BCUT2D eigenvalue weighted by molar-refractivity contribution is 1.18. The second-order valence-corrected chi connectivity index (χ2v) is 27.2. The summed E-state index contributed by atoms with van der Waals surface area (Å²) in [5, 5.41) is 24.9. The van der Waals surface area contributed by atoms with Gasteiger partial charge in [0.25, 0.3) is 0 Å². The Balaban J connectivity index is 0.000000133. The molecule has 5 nitrogen and oxygen atoms in total. The van der Waals surface area contributed by atoms with E-state index in [0.29, 0.717) is 11.4 Å². The Morgan fingerprint density at radius 1 is 0.206 bits per heavy atom. The van der Waals surface area contributed by atoms with Gasteiger partial charge in [-0.2, -0.15) is 0 Å². The highest BCUT2D eigenvalue weighted by atomic mass is 15.0. The summed E-state index contributed by atoms with van der Waals surface area (Å²) in [4.78, 5) is 12.0. The average molecular weight is 1290 g/mol. The summed E-state index contributed by atoms with van der Waals surface area (Å²) in [6.45, 7) is 15.5. The molecular formula is C97H55N5. The van der Waals surface area contributed by atoms with Gasteiger partial charge in [-0.15, -0.1) is 0 Å². The van der Waals surface area contributed by atoms with Crippen LogP contribution in [0.5, 0.6) is 0 Å². The van der Waals surface area contributed by atoms with Crippen LogP contribution in [0.3, 0.4) is 0 Å². The van der Waals surface area contributed by atoms with Crippen molar-refractivity contribution in [3.8, 4) is 78.1 Å². The number of nitrogens with zero attached hydrogens (tertiary/aromatic N) is 5. The van der Waals surface area contributed by atoms with Gasteiger partial charge in [-0.3, -0.25) is 4.98 Å². The van der Waals surface area contributed by atoms with Gasteiger partial charge in [0.15, 0.2) is 11.4 Å². The fourth-order valence-corrected chi connectivity index (χ4v) is 16.9. The minimum absolute atomic E-state index is 0.656. The number of para-hydroxylation sites is 2. The van der Waals surface area contributed by atoms with Gasteiger partial charge in [0.1, 0.15) is 0 Å². The van der Waals surface area contributed by atoms with Gasteiger partial charge in [0.2, 0.25) is 0 Å². The van der Waals surface area contributed by atoms with E-state index in [0.717, 1.165) is 49.8 Å². The van der Waals surface area contributed by atoms with Crippen LogP contribution in [0.4, 0.5) is 11.4 Å². The first kappa shape index (κ1) is 57.1. The zero-order valence-electron chi connectivity index (χ0n) is 55.0. The number of hydrogen-bond donors (Lipinski definition) is 0. The lowest BCUT2D eigenvalue weighted by Crippen LogP contribution is -1.93. The zero-order valence-corrected chi connectivity index (χ0v) is 55.0. The average Bonchev–Trinajstić information content (AvgIpc) is 1.68. The van der Waals surface area contributed by atoms with E-state index in [1.54, 1.807) is 0 Å². The molecule has 0 unspecified atom stereocenters. The molecule has 0 saturated carbocycles. The van der Waals surface area contributed by atoms with Crippen molar-refractivity contribution in [2.24, 2.45) is 0 Å². The largest absolute Gasteiger partial charge is 0.310 e. The molecule has 3 aromatic heterocycles. The van der Waals surface area contributed by atoms with Crippen molar-refractivity contribution in [1.82, 2.24) is 14.1 Å². The van der Waals surface area contributed by atoms with E-state index in [2.05, 4.69) is 303 Å². The summed E-state index contributed by atoms with van der Waals surface area (Å²) in [6, 6.07) is 117. The Labute approximate surface area is 586 Å². The highest BCUT2D eigenvalue weighted by Gasteiger charge is 2.23. The van der Waals surface area contributed by atoms with Crippen molar-refractivity contribution in [2.45, 2.75) is 0 Å². The maximum absolute atomic E-state index is 7.76. The molecule has 0 aliphatic heterocycles. The minimum atomic E-state index is 0.656. The summed E-state index contributed by atoms with van der Waals surface area (Å²) in [6.07, 6.45) is 3.75. The fourth-order valence-electron chi connectivity index (χ4n) is 16.9. The Bertz CT molecular complexity index is 6630. The molecule has 0 N–H and O–H groups in total. The second-order valence-electron chi connectivity index (χ2n) is 27.2. The fraction of sp³-hybridized carbons (Fsp3) is 0. The lowest BCUT2D eigenvalue weighted by Gasteiger charge is -2.15. The van der Waals surface area contributed by atoms with Gasteiger partial charge in [0.05, 0.1) is 24.2 Å². The van der Waals surface area contributed by atoms with Crippen LogP contribution in [0.2, 0.25) is 0 Å². The van der Waals surface area contributed by atoms with Crippen molar-refractivity contribution in [1.29, 1.82) is 0 Å². The van der Waals surface area contributed by atoms with Crippen LogP contribution in [-0.4, -0.2) is 14.1 Å². The maximum Gasteiger partial charge on any atom is 0.189 e.